The molecule has 164 valence electrons. The average molecular weight is 471 g/mol. The van der Waals surface area contributed by atoms with Gasteiger partial charge in [-0.1, -0.05) is 6.07 Å². The van der Waals surface area contributed by atoms with Gasteiger partial charge in [0.05, 0.1) is 21.5 Å². The van der Waals surface area contributed by atoms with E-state index >= 15 is 0 Å². The fraction of sp³-hybridized carbons (Fsp3) is 0.261. The Bertz CT molecular complexity index is 1280. The van der Waals surface area contributed by atoms with E-state index in [9.17, 15) is 13.6 Å². The van der Waals surface area contributed by atoms with Crippen LogP contribution in [-0.2, 0) is 6.42 Å². The van der Waals surface area contributed by atoms with E-state index in [0.717, 1.165) is 58.7 Å². The lowest BCUT2D eigenvalue weighted by molar-refractivity contribution is 0.0989. The summed E-state index contributed by atoms with van der Waals surface area (Å²) in [5.41, 5.74) is 8.91. The molecule has 5 rings (SSSR count). The van der Waals surface area contributed by atoms with Crippen molar-refractivity contribution in [1.29, 1.82) is 0 Å². The third-order valence-electron chi connectivity index (χ3n) is 5.61. The highest BCUT2D eigenvalue weighted by Gasteiger charge is 2.25. The van der Waals surface area contributed by atoms with Gasteiger partial charge in [-0.3, -0.25) is 9.78 Å². The number of pyridine rings is 1. The molecular weight excluding hydrogens is 450 g/mol. The smallest absolute Gasteiger partial charge is 0.186 e. The SMILES string of the molecule is N[C@H]1CCCN(c2c(CC(=O)c3csc(-c4c(F)cccc4F)n3)cnc3ccsc23)C1. The van der Waals surface area contributed by atoms with Crippen molar-refractivity contribution in [2.45, 2.75) is 25.3 Å². The van der Waals surface area contributed by atoms with Gasteiger partial charge in [-0.25, -0.2) is 13.8 Å². The van der Waals surface area contributed by atoms with Gasteiger partial charge >= 0.3 is 0 Å². The van der Waals surface area contributed by atoms with Crippen LogP contribution in [0.25, 0.3) is 20.8 Å². The van der Waals surface area contributed by atoms with Crippen molar-refractivity contribution in [3.05, 3.63) is 64.1 Å². The lowest BCUT2D eigenvalue weighted by Crippen LogP contribution is -2.43. The molecule has 0 saturated carbocycles. The van der Waals surface area contributed by atoms with Gasteiger partial charge in [0.1, 0.15) is 22.3 Å². The molecule has 3 aromatic heterocycles. The van der Waals surface area contributed by atoms with Gasteiger partial charge in [0.25, 0.3) is 0 Å². The van der Waals surface area contributed by atoms with Crippen molar-refractivity contribution in [3.8, 4) is 10.6 Å². The van der Waals surface area contributed by atoms with Crippen LogP contribution in [0, 0.1) is 11.6 Å². The number of hydrogen-bond acceptors (Lipinski definition) is 7. The van der Waals surface area contributed by atoms with Crippen molar-refractivity contribution in [3.63, 3.8) is 0 Å². The van der Waals surface area contributed by atoms with Gasteiger partial charge in [0.15, 0.2) is 5.78 Å². The van der Waals surface area contributed by atoms with Crippen LogP contribution in [-0.4, -0.2) is 34.9 Å². The maximum Gasteiger partial charge on any atom is 0.186 e. The molecule has 1 atom stereocenters. The van der Waals surface area contributed by atoms with Crippen molar-refractivity contribution >= 4 is 44.4 Å². The molecule has 1 aromatic carbocycles. The summed E-state index contributed by atoms with van der Waals surface area (Å²) in [6.45, 7) is 1.60. The fourth-order valence-corrected chi connectivity index (χ4v) is 5.92. The Morgan fingerprint density at radius 3 is 2.81 bits per heavy atom. The van der Waals surface area contributed by atoms with E-state index < -0.39 is 11.6 Å². The molecule has 0 aliphatic carbocycles. The van der Waals surface area contributed by atoms with Gasteiger partial charge in [-0.05, 0) is 36.4 Å². The second-order valence-corrected chi connectivity index (χ2v) is 9.62. The van der Waals surface area contributed by atoms with Crippen LogP contribution in [0.15, 0.2) is 41.2 Å². The summed E-state index contributed by atoms with van der Waals surface area (Å²) in [5.74, 6) is -1.62. The Balaban J connectivity index is 1.47. The van der Waals surface area contributed by atoms with Crippen molar-refractivity contribution in [2.75, 3.05) is 18.0 Å². The molecule has 1 aliphatic rings. The zero-order valence-corrected chi connectivity index (χ0v) is 18.7. The second-order valence-electron chi connectivity index (χ2n) is 7.85. The molecule has 32 heavy (non-hydrogen) atoms. The molecule has 0 bridgehead atoms. The predicted octanol–water partition coefficient (Wildman–Crippen LogP) is 5.05. The summed E-state index contributed by atoms with van der Waals surface area (Å²) in [6, 6.07) is 5.72. The average Bonchev–Trinajstić information content (AvgIpc) is 3.43. The maximum atomic E-state index is 14.1. The molecule has 0 radical (unpaired) electrons. The van der Waals surface area contributed by atoms with Crippen LogP contribution in [0.3, 0.4) is 0 Å². The Labute approximate surface area is 191 Å². The Morgan fingerprint density at radius 2 is 2.03 bits per heavy atom. The number of benzene rings is 1. The number of halogens is 2. The number of rotatable bonds is 5. The standard InChI is InChI=1S/C23H20F2N4OS2/c24-15-4-1-5-16(25)20(15)23-28-18(12-32-23)19(30)9-13-10-27-17-6-8-31-22(17)21(13)29-7-2-3-14(26)11-29/h1,4-6,8,10,12,14H,2-3,7,9,11,26H2/t14-/m0/s1. The molecule has 4 aromatic rings. The highest BCUT2D eigenvalue weighted by atomic mass is 32.1. The van der Waals surface area contributed by atoms with Crippen LogP contribution in [0.4, 0.5) is 14.5 Å². The predicted molar refractivity (Wildman–Crippen MR) is 125 cm³/mol. The maximum absolute atomic E-state index is 14.1. The Morgan fingerprint density at radius 1 is 1.22 bits per heavy atom. The molecule has 2 N–H and O–H groups in total. The van der Waals surface area contributed by atoms with Gasteiger partial charge in [0.2, 0.25) is 0 Å². The van der Waals surface area contributed by atoms with E-state index in [4.69, 9.17) is 5.73 Å². The lowest BCUT2D eigenvalue weighted by Gasteiger charge is -2.34. The number of Topliss-reactive ketones (excluding diaryl/α,β-unsaturated/α-hetero) is 1. The largest absolute Gasteiger partial charge is 0.368 e. The van der Waals surface area contributed by atoms with E-state index in [1.807, 2.05) is 11.4 Å². The molecule has 0 spiro atoms. The first-order valence-electron chi connectivity index (χ1n) is 10.3. The first kappa shape index (κ1) is 21.1. The van der Waals surface area contributed by atoms with Crippen LogP contribution in [0.2, 0.25) is 0 Å². The molecule has 0 amide bonds. The van der Waals surface area contributed by atoms with Gasteiger partial charge in [-0.2, -0.15) is 0 Å². The van der Waals surface area contributed by atoms with Crippen LogP contribution < -0.4 is 10.6 Å². The minimum Gasteiger partial charge on any atom is -0.368 e. The number of thiophene rings is 1. The molecule has 9 heteroatoms. The number of ketones is 1. The number of fused-ring (bicyclic) bond motifs is 1. The molecule has 1 saturated heterocycles. The number of carbonyl (C=O) groups is 1. The number of nitrogens with two attached hydrogens (primary N) is 1. The summed E-state index contributed by atoms with van der Waals surface area (Å²) in [5, 5.41) is 3.70. The van der Waals surface area contributed by atoms with Crippen molar-refractivity contribution in [2.24, 2.45) is 5.73 Å². The van der Waals surface area contributed by atoms with E-state index in [1.165, 1.54) is 18.2 Å². The molecule has 1 aliphatic heterocycles. The van der Waals surface area contributed by atoms with E-state index in [-0.39, 0.29) is 34.5 Å². The first-order chi connectivity index (χ1) is 15.5. The molecule has 5 nitrogen and oxygen atoms in total. The number of carbonyl (C=O) groups excluding carboxylic acids is 1. The Kier molecular flexibility index (Phi) is 5.71. The second kappa shape index (κ2) is 8.65. The van der Waals surface area contributed by atoms with Gasteiger partial charge in [-0.15, -0.1) is 22.7 Å². The van der Waals surface area contributed by atoms with Gasteiger partial charge in [0, 0.05) is 42.7 Å². The monoisotopic (exact) mass is 470 g/mol. The number of piperidine rings is 1. The van der Waals surface area contributed by atoms with Crippen LogP contribution >= 0.6 is 22.7 Å². The summed E-state index contributed by atoms with van der Waals surface area (Å²) in [7, 11) is 0. The van der Waals surface area contributed by atoms with Crippen molar-refractivity contribution < 1.29 is 13.6 Å². The third-order valence-corrected chi connectivity index (χ3v) is 7.38. The number of anilines is 1. The topological polar surface area (TPSA) is 72.1 Å². The number of aromatic nitrogens is 2. The van der Waals surface area contributed by atoms with E-state index in [2.05, 4.69) is 14.9 Å². The highest BCUT2D eigenvalue weighted by molar-refractivity contribution is 7.17. The molecular formula is C23H20F2N4OS2. The first-order valence-corrected chi connectivity index (χ1v) is 12.1. The third kappa shape index (κ3) is 3.92. The number of hydrogen-bond donors (Lipinski definition) is 1. The Hall–Kier alpha value is -2.75. The molecule has 1 fully saturated rings. The fourth-order valence-electron chi connectivity index (χ4n) is 4.11. The summed E-state index contributed by atoms with van der Waals surface area (Å²) in [4.78, 5) is 24.1. The number of nitrogens with zero attached hydrogens (tertiary/aromatic N) is 3. The molecule has 0 unspecified atom stereocenters. The van der Waals surface area contributed by atoms with E-state index in [1.54, 1.807) is 22.9 Å². The zero-order valence-electron chi connectivity index (χ0n) is 17.1. The number of thiazole rings is 1. The van der Waals surface area contributed by atoms with Crippen molar-refractivity contribution in [1.82, 2.24) is 9.97 Å². The van der Waals surface area contributed by atoms with Crippen LogP contribution in [0.1, 0.15) is 28.9 Å². The summed E-state index contributed by atoms with van der Waals surface area (Å²) in [6.07, 6.45) is 3.82. The van der Waals surface area contributed by atoms with E-state index in [0.29, 0.717) is 0 Å². The minimum absolute atomic E-state index is 0.0900. The van der Waals surface area contributed by atoms with Gasteiger partial charge < -0.3 is 10.6 Å². The lowest BCUT2D eigenvalue weighted by atomic mass is 10.0. The quantitative estimate of drug-likeness (QED) is 0.413. The summed E-state index contributed by atoms with van der Waals surface area (Å²) >= 11 is 2.65. The normalized spacial score (nSPS) is 16.6. The molecule has 4 heterocycles. The van der Waals surface area contributed by atoms with Crippen LogP contribution in [0.5, 0.6) is 0 Å². The highest BCUT2D eigenvalue weighted by Crippen LogP contribution is 2.36. The summed E-state index contributed by atoms with van der Waals surface area (Å²) < 4.78 is 29.3. The minimum atomic E-state index is -0.700. The zero-order chi connectivity index (χ0) is 22.2.